The second-order valence-corrected chi connectivity index (χ2v) is 4.82. The lowest BCUT2D eigenvalue weighted by Crippen LogP contribution is -2.33. The third-order valence-electron chi connectivity index (χ3n) is 3.45. The van der Waals surface area contributed by atoms with Crippen LogP contribution in [0.2, 0.25) is 0 Å². The fraction of sp³-hybridized carbons (Fsp3) is 0.500. The highest BCUT2D eigenvalue weighted by molar-refractivity contribution is 5.76. The lowest BCUT2D eigenvalue weighted by molar-refractivity contribution is -0.122. The van der Waals surface area contributed by atoms with Crippen LogP contribution in [-0.4, -0.2) is 12.5 Å². The highest BCUT2D eigenvalue weighted by Crippen LogP contribution is 2.29. The topological polar surface area (TPSA) is 55.1 Å². The third-order valence-corrected chi connectivity index (χ3v) is 3.45. The van der Waals surface area contributed by atoms with E-state index in [1.165, 1.54) is 19.3 Å². The summed E-state index contributed by atoms with van der Waals surface area (Å²) in [7, 11) is 0. The zero-order valence-corrected chi connectivity index (χ0v) is 10.1. The molecule has 0 heterocycles. The molecule has 1 aliphatic carbocycles. The number of amides is 1. The van der Waals surface area contributed by atoms with E-state index in [9.17, 15) is 4.79 Å². The van der Waals surface area contributed by atoms with E-state index in [1.54, 1.807) is 0 Å². The maximum Gasteiger partial charge on any atom is 0.220 e. The summed E-state index contributed by atoms with van der Waals surface area (Å²) in [5.41, 5.74) is 7.07. The second kappa shape index (κ2) is 5.82. The summed E-state index contributed by atoms with van der Waals surface area (Å²) >= 11 is 0. The van der Waals surface area contributed by atoms with Gasteiger partial charge in [0.15, 0.2) is 0 Å². The number of carbonyl (C=O) groups excluding carboxylic acids is 1. The highest BCUT2D eigenvalue weighted by Gasteiger charge is 2.20. The van der Waals surface area contributed by atoms with Gasteiger partial charge in [0.1, 0.15) is 0 Å². The molecular weight excluding hydrogens is 212 g/mol. The Bertz CT molecular complexity index is 360. The second-order valence-electron chi connectivity index (χ2n) is 4.82. The fourth-order valence-corrected chi connectivity index (χ4v) is 2.07. The van der Waals surface area contributed by atoms with Crippen molar-refractivity contribution in [1.82, 2.24) is 5.32 Å². The molecule has 1 aliphatic rings. The van der Waals surface area contributed by atoms with Crippen LogP contribution in [0.4, 0.5) is 0 Å². The molecule has 92 valence electrons. The van der Waals surface area contributed by atoms with Gasteiger partial charge in [-0.05, 0) is 24.3 Å². The standard InChI is InChI=1S/C14H20N2O/c15-13(12-7-2-1-3-8-12)10-16-14(17)9-11-5-4-6-11/h1-3,7-8,11,13H,4-6,9-10,15H2,(H,16,17). The van der Waals surface area contributed by atoms with Gasteiger partial charge in [-0.2, -0.15) is 0 Å². The number of hydrogen-bond acceptors (Lipinski definition) is 2. The van der Waals surface area contributed by atoms with Crippen molar-refractivity contribution in [2.24, 2.45) is 11.7 Å². The molecule has 0 saturated heterocycles. The third kappa shape index (κ3) is 3.56. The first-order valence-electron chi connectivity index (χ1n) is 6.33. The Morgan fingerprint density at radius 1 is 1.35 bits per heavy atom. The van der Waals surface area contributed by atoms with Crippen molar-refractivity contribution >= 4 is 5.91 Å². The normalized spacial score (nSPS) is 17.2. The van der Waals surface area contributed by atoms with Crippen molar-refractivity contribution in [2.45, 2.75) is 31.7 Å². The SMILES string of the molecule is NC(CNC(=O)CC1CCC1)c1ccccc1. The molecule has 1 saturated carbocycles. The average Bonchev–Trinajstić information content (AvgIpc) is 2.32. The van der Waals surface area contributed by atoms with Gasteiger partial charge in [-0.1, -0.05) is 36.8 Å². The van der Waals surface area contributed by atoms with E-state index in [4.69, 9.17) is 5.73 Å². The average molecular weight is 232 g/mol. The zero-order chi connectivity index (χ0) is 12.1. The summed E-state index contributed by atoms with van der Waals surface area (Å²) in [6, 6.07) is 9.76. The zero-order valence-electron chi connectivity index (χ0n) is 10.1. The van der Waals surface area contributed by atoms with Crippen LogP contribution in [0.25, 0.3) is 0 Å². The highest BCUT2D eigenvalue weighted by atomic mass is 16.1. The Labute approximate surface area is 102 Å². The van der Waals surface area contributed by atoms with Crippen LogP contribution < -0.4 is 11.1 Å². The van der Waals surface area contributed by atoms with Gasteiger partial charge in [0.2, 0.25) is 5.91 Å². The molecule has 1 amide bonds. The number of nitrogens with two attached hydrogens (primary N) is 1. The Morgan fingerprint density at radius 2 is 2.06 bits per heavy atom. The molecule has 1 atom stereocenters. The van der Waals surface area contributed by atoms with Gasteiger partial charge in [-0.15, -0.1) is 0 Å². The summed E-state index contributed by atoms with van der Waals surface area (Å²) in [5, 5.41) is 2.92. The van der Waals surface area contributed by atoms with Gasteiger partial charge in [0.25, 0.3) is 0 Å². The summed E-state index contributed by atoms with van der Waals surface area (Å²) in [6.45, 7) is 0.523. The summed E-state index contributed by atoms with van der Waals surface area (Å²) in [5.74, 6) is 0.754. The number of carbonyl (C=O) groups is 1. The molecule has 0 spiro atoms. The molecule has 17 heavy (non-hydrogen) atoms. The van der Waals surface area contributed by atoms with Crippen molar-refractivity contribution in [3.63, 3.8) is 0 Å². The molecule has 1 unspecified atom stereocenters. The van der Waals surface area contributed by atoms with Gasteiger partial charge >= 0.3 is 0 Å². The molecule has 0 radical (unpaired) electrons. The van der Waals surface area contributed by atoms with Crippen molar-refractivity contribution in [3.05, 3.63) is 35.9 Å². The predicted octanol–water partition coefficient (Wildman–Crippen LogP) is 1.99. The minimum Gasteiger partial charge on any atom is -0.354 e. The Balaban J connectivity index is 1.72. The Hall–Kier alpha value is -1.35. The molecule has 0 aromatic heterocycles. The summed E-state index contributed by atoms with van der Waals surface area (Å²) in [4.78, 5) is 11.6. The molecule has 1 aromatic carbocycles. The number of hydrogen-bond donors (Lipinski definition) is 2. The van der Waals surface area contributed by atoms with Crippen LogP contribution in [0.15, 0.2) is 30.3 Å². The molecule has 2 rings (SSSR count). The van der Waals surface area contributed by atoms with E-state index >= 15 is 0 Å². The lowest BCUT2D eigenvalue weighted by atomic mass is 9.83. The fourth-order valence-electron chi connectivity index (χ4n) is 2.07. The van der Waals surface area contributed by atoms with Crippen LogP contribution in [0.3, 0.4) is 0 Å². The summed E-state index contributed by atoms with van der Waals surface area (Å²) in [6.07, 6.45) is 4.36. The van der Waals surface area contributed by atoms with E-state index < -0.39 is 0 Å². The molecule has 1 fully saturated rings. The largest absolute Gasteiger partial charge is 0.354 e. The Morgan fingerprint density at radius 3 is 2.65 bits per heavy atom. The van der Waals surface area contributed by atoms with E-state index in [2.05, 4.69) is 5.32 Å². The van der Waals surface area contributed by atoms with Crippen molar-refractivity contribution in [3.8, 4) is 0 Å². The van der Waals surface area contributed by atoms with E-state index in [0.29, 0.717) is 18.9 Å². The van der Waals surface area contributed by atoms with Crippen molar-refractivity contribution in [2.75, 3.05) is 6.54 Å². The number of benzene rings is 1. The van der Waals surface area contributed by atoms with Gasteiger partial charge < -0.3 is 11.1 Å². The monoisotopic (exact) mass is 232 g/mol. The molecule has 0 bridgehead atoms. The molecule has 1 aromatic rings. The summed E-state index contributed by atoms with van der Waals surface area (Å²) < 4.78 is 0. The van der Waals surface area contributed by atoms with Crippen LogP contribution in [0.5, 0.6) is 0 Å². The first-order chi connectivity index (χ1) is 8.25. The number of nitrogens with one attached hydrogen (secondary N) is 1. The molecule has 0 aliphatic heterocycles. The van der Waals surface area contributed by atoms with Crippen LogP contribution in [0.1, 0.15) is 37.3 Å². The van der Waals surface area contributed by atoms with E-state index in [1.807, 2.05) is 30.3 Å². The van der Waals surface area contributed by atoms with Gasteiger partial charge in [0.05, 0.1) is 0 Å². The minimum atomic E-state index is -0.110. The Kier molecular flexibility index (Phi) is 4.15. The first kappa shape index (κ1) is 12.1. The van der Waals surface area contributed by atoms with Gasteiger partial charge in [0, 0.05) is 19.0 Å². The maximum atomic E-state index is 11.6. The van der Waals surface area contributed by atoms with Crippen LogP contribution in [-0.2, 0) is 4.79 Å². The van der Waals surface area contributed by atoms with Gasteiger partial charge in [-0.3, -0.25) is 4.79 Å². The van der Waals surface area contributed by atoms with Crippen LogP contribution in [0, 0.1) is 5.92 Å². The minimum absolute atomic E-state index is 0.110. The lowest BCUT2D eigenvalue weighted by Gasteiger charge is -2.24. The molecular formula is C14H20N2O. The smallest absolute Gasteiger partial charge is 0.220 e. The van der Waals surface area contributed by atoms with Gasteiger partial charge in [-0.25, -0.2) is 0 Å². The molecule has 3 N–H and O–H groups in total. The van der Waals surface area contributed by atoms with E-state index in [-0.39, 0.29) is 11.9 Å². The van der Waals surface area contributed by atoms with Crippen LogP contribution >= 0.6 is 0 Å². The molecule has 3 nitrogen and oxygen atoms in total. The predicted molar refractivity (Wildman–Crippen MR) is 68.3 cm³/mol. The molecule has 3 heteroatoms. The van der Waals surface area contributed by atoms with Crippen molar-refractivity contribution < 1.29 is 4.79 Å². The maximum absolute atomic E-state index is 11.6. The quantitative estimate of drug-likeness (QED) is 0.815. The number of rotatable bonds is 5. The van der Waals surface area contributed by atoms with E-state index in [0.717, 1.165) is 5.56 Å². The first-order valence-corrected chi connectivity index (χ1v) is 6.33. The van der Waals surface area contributed by atoms with Crippen molar-refractivity contribution in [1.29, 1.82) is 0 Å².